The number of benzene rings is 1. The first kappa shape index (κ1) is 14.9. The Morgan fingerprint density at radius 1 is 1.42 bits per heavy atom. The Bertz CT molecular complexity index is 472. The molecule has 1 unspecified atom stereocenters. The van der Waals surface area contributed by atoms with E-state index in [1.165, 1.54) is 19.2 Å². The van der Waals surface area contributed by atoms with Crippen LogP contribution < -0.4 is 9.47 Å². The van der Waals surface area contributed by atoms with Crippen molar-refractivity contribution in [1.29, 1.82) is 0 Å². The average molecular weight is 267 g/mol. The molecule has 1 aromatic rings. The highest BCUT2D eigenvalue weighted by molar-refractivity contribution is 5.83. The smallest absolute Gasteiger partial charge is 0.283 e. The maximum Gasteiger partial charge on any atom is 0.283 e. The second-order valence-electron chi connectivity index (χ2n) is 4.26. The van der Waals surface area contributed by atoms with Crippen molar-refractivity contribution in [3.63, 3.8) is 0 Å². The zero-order valence-electron chi connectivity index (χ0n) is 11.2. The molecular weight excluding hydrogens is 250 g/mol. The number of nitro groups is 1. The van der Waals surface area contributed by atoms with Crippen molar-refractivity contribution < 1.29 is 19.2 Å². The van der Waals surface area contributed by atoms with Gasteiger partial charge in [0.2, 0.25) is 0 Å². The average Bonchev–Trinajstić information content (AvgIpc) is 2.43. The summed E-state index contributed by atoms with van der Waals surface area (Å²) in [5, 5.41) is 10.9. The van der Waals surface area contributed by atoms with Gasteiger partial charge in [-0.1, -0.05) is 20.3 Å². The van der Waals surface area contributed by atoms with Gasteiger partial charge >= 0.3 is 0 Å². The number of hydrogen-bond donors (Lipinski definition) is 0. The zero-order chi connectivity index (χ0) is 14.4. The largest absolute Gasteiger partial charge is 0.493 e. The van der Waals surface area contributed by atoms with Crippen LogP contribution in [0, 0.1) is 16.0 Å². The maximum atomic E-state index is 10.9. The van der Waals surface area contributed by atoms with Crippen LogP contribution in [0.3, 0.4) is 0 Å². The number of ether oxygens (including phenoxy) is 2. The fourth-order valence-corrected chi connectivity index (χ4v) is 1.44. The Hall–Kier alpha value is -2.11. The number of aldehydes is 1. The van der Waals surface area contributed by atoms with E-state index in [2.05, 4.69) is 0 Å². The first-order valence-corrected chi connectivity index (χ1v) is 5.97. The molecule has 0 saturated heterocycles. The fourth-order valence-electron chi connectivity index (χ4n) is 1.44. The lowest BCUT2D eigenvalue weighted by molar-refractivity contribution is -0.385. The summed E-state index contributed by atoms with van der Waals surface area (Å²) in [5.74, 6) is 0.922. The van der Waals surface area contributed by atoms with Crippen LogP contribution in [-0.2, 0) is 0 Å². The molecule has 0 amide bonds. The number of carbonyl (C=O) groups is 1. The van der Waals surface area contributed by atoms with E-state index in [0.29, 0.717) is 24.6 Å². The van der Waals surface area contributed by atoms with Gasteiger partial charge in [-0.2, -0.15) is 0 Å². The van der Waals surface area contributed by atoms with Gasteiger partial charge in [-0.15, -0.1) is 0 Å². The van der Waals surface area contributed by atoms with Crippen molar-refractivity contribution >= 4 is 12.0 Å². The predicted octanol–water partition coefficient (Wildman–Crippen LogP) is 2.84. The summed E-state index contributed by atoms with van der Waals surface area (Å²) in [6.45, 7) is 4.48. The van der Waals surface area contributed by atoms with Gasteiger partial charge in [0.05, 0.1) is 30.3 Å². The molecule has 0 spiro atoms. The van der Waals surface area contributed by atoms with Gasteiger partial charge in [0.15, 0.2) is 17.8 Å². The van der Waals surface area contributed by atoms with E-state index in [-0.39, 0.29) is 17.0 Å². The van der Waals surface area contributed by atoms with Gasteiger partial charge in [0.1, 0.15) is 0 Å². The lowest BCUT2D eigenvalue weighted by Crippen LogP contribution is -2.08. The summed E-state index contributed by atoms with van der Waals surface area (Å²) >= 11 is 0. The summed E-state index contributed by atoms with van der Waals surface area (Å²) in [4.78, 5) is 21.1. The molecule has 104 valence electrons. The molecule has 6 nitrogen and oxygen atoms in total. The molecule has 1 atom stereocenters. The van der Waals surface area contributed by atoms with E-state index in [1.54, 1.807) is 0 Å². The summed E-state index contributed by atoms with van der Waals surface area (Å²) in [5.41, 5.74) is -0.312. The number of hydrogen-bond acceptors (Lipinski definition) is 5. The highest BCUT2D eigenvalue weighted by Gasteiger charge is 2.19. The molecule has 0 radical (unpaired) electrons. The minimum Gasteiger partial charge on any atom is -0.493 e. The van der Waals surface area contributed by atoms with E-state index < -0.39 is 4.92 Å². The Labute approximate surface area is 111 Å². The van der Waals surface area contributed by atoms with Crippen LogP contribution in [0.1, 0.15) is 30.6 Å². The number of nitro benzene ring substituents is 1. The first-order chi connectivity index (χ1) is 9.03. The lowest BCUT2D eigenvalue weighted by atomic mass is 10.1. The van der Waals surface area contributed by atoms with E-state index in [0.717, 1.165) is 6.42 Å². The second kappa shape index (κ2) is 6.72. The van der Waals surface area contributed by atoms with Crippen molar-refractivity contribution in [1.82, 2.24) is 0 Å². The summed E-state index contributed by atoms with van der Waals surface area (Å²) in [6.07, 6.45) is 1.37. The van der Waals surface area contributed by atoms with Gasteiger partial charge in [0.25, 0.3) is 5.69 Å². The molecule has 0 aliphatic rings. The van der Waals surface area contributed by atoms with E-state index in [1.807, 2.05) is 13.8 Å². The minimum atomic E-state index is -0.612. The van der Waals surface area contributed by atoms with Crippen LogP contribution in [0.15, 0.2) is 12.1 Å². The third-order valence-corrected chi connectivity index (χ3v) is 2.86. The van der Waals surface area contributed by atoms with E-state index in [4.69, 9.17) is 9.47 Å². The number of methoxy groups -OCH3 is 1. The Morgan fingerprint density at radius 3 is 2.58 bits per heavy atom. The summed E-state index contributed by atoms with van der Waals surface area (Å²) in [7, 11) is 1.42. The van der Waals surface area contributed by atoms with Crippen molar-refractivity contribution in [2.45, 2.75) is 20.3 Å². The quantitative estimate of drug-likeness (QED) is 0.431. The molecular formula is C13H17NO5. The molecule has 0 N–H and O–H groups in total. The molecule has 0 aliphatic carbocycles. The Morgan fingerprint density at radius 2 is 2.11 bits per heavy atom. The maximum absolute atomic E-state index is 10.9. The first-order valence-electron chi connectivity index (χ1n) is 5.97. The summed E-state index contributed by atoms with van der Waals surface area (Å²) in [6, 6.07) is 2.54. The second-order valence-corrected chi connectivity index (χ2v) is 4.26. The predicted molar refractivity (Wildman–Crippen MR) is 70.0 cm³/mol. The highest BCUT2D eigenvalue weighted by Crippen LogP contribution is 2.34. The number of carbonyl (C=O) groups excluding carboxylic acids is 1. The van der Waals surface area contributed by atoms with Gasteiger partial charge < -0.3 is 9.47 Å². The fraction of sp³-hybridized carbons (Fsp3) is 0.462. The molecule has 0 aromatic heterocycles. The van der Waals surface area contributed by atoms with Crippen molar-refractivity contribution in [3.8, 4) is 11.5 Å². The third kappa shape index (κ3) is 3.67. The molecule has 1 aromatic carbocycles. The number of nitrogens with zero attached hydrogens (tertiary/aromatic N) is 1. The van der Waals surface area contributed by atoms with Crippen LogP contribution in [0.4, 0.5) is 5.69 Å². The third-order valence-electron chi connectivity index (χ3n) is 2.86. The van der Waals surface area contributed by atoms with Crippen LogP contribution in [-0.4, -0.2) is 24.9 Å². The van der Waals surface area contributed by atoms with Crippen LogP contribution in [0.5, 0.6) is 11.5 Å². The molecule has 0 aliphatic heterocycles. The molecule has 19 heavy (non-hydrogen) atoms. The minimum absolute atomic E-state index is 0.0299. The lowest BCUT2D eigenvalue weighted by Gasteiger charge is -2.14. The van der Waals surface area contributed by atoms with Crippen molar-refractivity contribution in [2.24, 2.45) is 5.92 Å². The monoisotopic (exact) mass is 267 g/mol. The van der Waals surface area contributed by atoms with Gasteiger partial charge in [-0.3, -0.25) is 14.9 Å². The standard InChI is InChI=1S/C13H17NO5/c1-4-9(2)8-19-13-6-11(14(16)17)10(7-15)5-12(13)18-3/h5-7,9H,4,8H2,1-3H3. The van der Waals surface area contributed by atoms with Gasteiger partial charge in [0, 0.05) is 6.07 Å². The highest BCUT2D eigenvalue weighted by atomic mass is 16.6. The van der Waals surface area contributed by atoms with Crippen LogP contribution in [0.2, 0.25) is 0 Å². The van der Waals surface area contributed by atoms with E-state index in [9.17, 15) is 14.9 Å². The normalized spacial score (nSPS) is 11.7. The molecule has 0 saturated carbocycles. The van der Waals surface area contributed by atoms with Crippen LogP contribution in [0.25, 0.3) is 0 Å². The zero-order valence-corrected chi connectivity index (χ0v) is 11.2. The molecule has 6 heteroatoms. The van der Waals surface area contributed by atoms with Crippen LogP contribution >= 0.6 is 0 Å². The van der Waals surface area contributed by atoms with Gasteiger partial charge in [-0.25, -0.2) is 0 Å². The number of rotatable bonds is 7. The van der Waals surface area contributed by atoms with Crippen molar-refractivity contribution in [2.75, 3.05) is 13.7 Å². The Balaban J connectivity index is 3.11. The van der Waals surface area contributed by atoms with Crippen molar-refractivity contribution in [3.05, 3.63) is 27.8 Å². The molecule has 1 rings (SSSR count). The SMILES string of the molecule is CCC(C)COc1cc([N+](=O)[O-])c(C=O)cc1OC. The topological polar surface area (TPSA) is 78.7 Å². The van der Waals surface area contributed by atoms with Gasteiger partial charge in [-0.05, 0) is 5.92 Å². The Kier molecular flexibility index (Phi) is 5.29. The molecule has 0 fully saturated rings. The molecule has 0 heterocycles. The van der Waals surface area contributed by atoms with E-state index >= 15 is 0 Å². The summed E-state index contributed by atoms with van der Waals surface area (Å²) < 4.78 is 10.6. The molecule has 0 bridgehead atoms.